The van der Waals surface area contributed by atoms with Crippen molar-refractivity contribution in [3.63, 3.8) is 0 Å². The number of carbonyl (C=O) groups excluding carboxylic acids is 1. The Hall–Kier alpha value is -2.51. The van der Waals surface area contributed by atoms with Gasteiger partial charge in [0.2, 0.25) is 0 Å². The fraction of sp³-hybridized carbons (Fsp3) is 0.316. The van der Waals surface area contributed by atoms with Gasteiger partial charge in [-0.3, -0.25) is 9.59 Å². The quantitative estimate of drug-likeness (QED) is 0.749. The molecule has 0 saturated carbocycles. The van der Waals surface area contributed by atoms with E-state index >= 15 is 0 Å². The molecule has 1 amide bonds. The Morgan fingerprint density at radius 1 is 1.31 bits per heavy atom. The zero-order valence-electron chi connectivity index (χ0n) is 15.3. The van der Waals surface area contributed by atoms with Gasteiger partial charge in [0.05, 0.1) is 22.6 Å². The highest BCUT2D eigenvalue weighted by molar-refractivity contribution is 7.20. The third-order valence-corrected chi connectivity index (χ3v) is 5.68. The van der Waals surface area contributed by atoms with Crippen LogP contribution in [0.15, 0.2) is 41.5 Å². The van der Waals surface area contributed by atoms with Crippen molar-refractivity contribution in [2.24, 2.45) is 7.05 Å². The number of hydrogen-bond acceptors (Lipinski definition) is 5. The van der Waals surface area contributed by atoms with Gasteiger partial charge in [-0.05, 0) is 32.1 Å². The van der Waals surface area contributed by atoms with E-state index < -0.39 is 0 Å². The maximum absolute atomic E-state index is 12.7. The molecule has 0 saturated heterocycles. The molecule has 0 aliphatic rings. The third kappa shape index (κ3) is 3.40. The topological polar surface area (TPSA) is 67.2 Å². The lowest BCUT2D eigenvalue weighted by molar-refractivity contribution is 0.0945. The maximum atomic E-state index is 12.7. The Balaban J connectivity index is 1.84. The Kier molecular flexibility index (Phi) is 5.20. The molecule has 0 aliphatic heterocycles. The number of fused-ring (bicyclic) bond motifs is 1. The van der Waals surface area contributed by atoms with E-state index in [1.165, 1.54) is 22.2 Å². The van der Waals surface area contributed by atoms with Gasteiger partial charge < -0.3 is 14.8 Å². The molecule has 0 aliphatic carbocycles. The molecule has 26 heavy (non-hydrogen) atoms. The van der Waals surface area contributed by atoms with Crippen LogP contribution in [-0.2, 0) is 7.05 Å². The lowest BCUT2D eigenvalue weighted by Gasteiger charge is -2.25. The number of rotatable bonds is 5. The molecular weight excluding hydrogens is 348 g/mol. The second-order valence-electron chi connectivity index (χ2n) is 6.50. The molecule has 1 unspecified atom stereocenters. The Labute approximate surface area is 156 Å². The van der Waals surface area contributed by atoms with Crippen LogP contribution in [0, 0.1) is 6.92 Å². The van der Waals surface area contributed by atoms with Gasteiger partial charge in [-0.1, -0.05) is 30.3 Å². The van der Waals surface area contributed by atoms with Crippen LogP contribution in [0.3, 0.4) is 0 Å². The van der Waals surface area contributed by atoms with E-state index in [0.29, 0.717) is 27.2 Å². The van der Waals surface area contributed by atoms with Crippen molar-refractivity contribution in [2.75, 3.05) is 20.6 Å². The van der Waals surface area contributed by atoms with Crippen molar-refractivity contribution >= 4 is 27.5 Å². The van der Waals surface area contributed by atoms with Crippen LogP contribution >= 0.6 is 11.3 Å². The summed E-state index contributed by atoms with van der Waals surface area (Å²) in [5, 5.41) is 3.53. The molecule has 0 bridgehead atoms. The molecule has 0 radical (unpaired) electrons. The first kappa shape index (κ1) is 18.3. The first-order valence-corrected chi connectivity index (χ1v) is 9.16. The average Bonchev–Trinajstić information content (AvgIpc) is 2.96. The van der Waals surface area contributed by atoms with Crippen LogP contribution in [0.25, 0.3) is 10.2 Å². The normalized spacial score (nSPS) is 12.5. The monoisotopic (exact) mass is 370 g/mol. The van der Waals surface area contributed by atoms with Gasteiger partial charge in [0, 0.05) is 13.6 Å². The summed E-state index contributed by atoms with van der Waals surface area (Å²) >= 11 is 1.26. The van der Waals surface area contributed by atoms with Crippen LogP contribution in [0.5, 0.6) is 0 Å². The first-order chi connectivity index (χ1) is 12.4. The molecule has 1 N–H and O–H groups in total. The Morgan fingerprint density at radius 3 is 2.65 bits per heavy atom. The summed E-state index contributed by atoms with van der Waals surface area (Å²) in [5.74, 6) is -0.171. The van der Waals surface area contributed by atoms with E-state index in [-0.39, 0.29) is 17.5 Å². The fourth-order valence-electron chi connectivity index (χ4n) is 2.97. The van der Waals surface area contributed by atoms with Gasteiger partial charge in [0.25, 0.3) is 11.5 Å². The summed E-state index contributed by atoms with van der Waals surface area (Å²) in [7, 11) is 5.64. The van der Waals surface area contributed by atoms with Crippen molar-refractivity contribution in [3.8, 4) is 0 Å². The number of amides is 1. The summed E-state index contributed by atoms with van der Waals surface area (Å²) < 4.78 is 1.43. The largest absolute Gasteiger partial charge is 0.349 e. The number of aromatic nitrogens is 2. The highest BCUT2D eigenvalue weighted by Gasteiger charge is 2.21. The van der Waals surface area contributed by atoms with Crippen LogP contribution in [0.4, 0.5) is 0 Å². The van der Waals surface area contributed by atoms with Crippen molar-refractivity contribution in [3.05, 3.63) is 63.0 Å². The van der Waals surface area contributed by atoms with Gasteiger partial charge in [-0.15, -0.1) is 11.3 Å². The van der Waals surface area contributed by atoms with Crippen LogP contribution in [0.2, 0.25) is 0 Å². The summed E-state index contributed by atoms with van der Waals surface area (Å²) in [6.07, 6.45) is 1.49. The predicted octanol–water partition coefficient (Wildman–Crippen LogP) is 2.34. The minimum atomic E-state index is -0.171. The second kappa shape index (κ2) is 7.39. The van der Waals surface area contributed by atoms with E-state index in [1.54, 1.807) is 14.0 Å². The van der Waals surface area contributed by atoms with Gasteiger partial charge in [-0.2, -0.15) is 0 Å². The Morgan fingerprint density at radius 2 is 2.00 bits per heavy atom. The molecule has 7 heteroatoms. The molecule has 0 fully saturated rings. The van der Waals surface area contributed by atoms with E-state index in [4.69, 9.17) is 0 Å². The van der Waals surface area contributed by atoms with E-state index in [2.05, 4.69) is 27.3 Å². The lowest BCUT2D eigenvalue weighted by Crippen LogP contribution is -2.34. The van der Waals surface area contributed by atoms with Crippen LogP contribution in [-0.4, -0.2) is 41.0 Å². The number of nitrogens with zero attached hydrogens (tertiary/aromatic N) is 3. The van der Waals surface area contributed by atoms with Crippen molar-refractivity contribution in [1.82, 2.24) is 19.8 Å². The number of benzene rings is 1. The molecule has 3 aromatic rings. The predicted molar refractivity (Wildman–Crippen MR) is 105 cm³/mol. The summed E-state index contributed by atoms with van der Waals surface area (Å²) in [5.41, 5.74) is 1.71. The summed E-state index contributed by atoms with van der Waals surface area (Å²) in [4.78, 5) is 32.5. The maximum Gasteiger partial charge on any atom is 0.262 e. The number of hydrogen-bond donors (Lipinski definition) is 1. The zero-order valence-corrected chi connectivity index (χ0v) is 16.1. The summed E-state index contributed by atoms with van der Waals surface area (Å²) in [6, 6.07) is 10.1. The summed E-state index contributed by atoms with van der Waals surface area (Å²) in [6.45, 7) is 2.28. The number of nitrogens with one attached hydrogen (secondary N) is 1. The first-order valence-electron chi connectivity index (χ1n) is 8.34. The standard InChI is InChI=1S/C19H22N4O2S/c1-12-15-18(21-11-23(4)19(15)25)26-16(12)17(24)20-10-14(22(2)3)13-8-6-5-7-9-13/h5-9,11,14H,10H2,1-4H3,(H,20,24). The minimum absolute atomic E-state index is 0.0702. The van der Waals surface area contributed by atoms with Gasteiger partial charge in [0.1, 0.15) is 4.83 Å². The molecule has 6 nitrogen and oxygen atoms in total. The number of carbonyl (C=O) groups is 1. The van der Waals surface area contributed by atoms with E-state index in [9.17, 15) is 9.59 Å². The molecule has 2 aromatic heterocycles. The molecule has 0 spiro atoms. The minimum Gasteiger partial charge on any atom is -0.349 e. The van der Waals surface area contributed by atoms with Gasteiger partial charge >= 0.3 is 0 Å². The molecular formula is C19H22N4O2S. The van der Waals surface area contributed by atoms with Crippen LogP contribution < -0.4 is 10.9 Å². The average molecular weight is 370 g/mol. The zero-order chi connectivity index (χ0) is 18.8. The van der Waals surface area contributed by atoms with E-state index in [1.807, 2.05) is 32.3 Å². The van der Waals surface area contributed by atoms with E-state index in [0.717, 1.165) is 5.56 Å². The molecule has 2 heterocycles. The van der Waals surface area contributed by atoms with Gasteiger partial charge in [0.15, 0.2) is 0 Å². The second-order valence-corrected chi connectivity index (χ2v) is 7.50. The molecule has 3 rings (SSSR count). The Bertz CT molecular complexity index is 992. The third-order valence-electron chi connectivity index (χ3n) is 4.48. The van der Waals surface area contributed by atoms with Crippen molar-refractivity contribution < 1.29 is 4.79 Å². The number of thiophene rings is 1. The molecule has 1 atom stereocenters. The molecule has 1 aromatic carbocycles. The number of likely N-dealkylation sites (N-methyl/N-ethyl adjacent to an activating group) is 1. The number of aryl methyl sites for hydroxylation is 2. The molecule has 136 valence electrons. The van der Waals surface area contributed by atoms with Crippen molar-refractivity contribution in [1.29, 1.82) is 0 Å². The van der Waals surface area contributed by atoms with Crippen LogP contribution in [0.1, 0.15) is 26.8 Å². The van der Waals surface area contributed by atoms with Gasteiger partial charge in [-0.25, -0.2) is 4.98 Å². The SMILES string of the molecule is Cc1c(C(=O)NCC(c2ccccc2)N(C)C)sc2ncn(C)c(=O)c12. The lowest BCUT2D eigenvalue weighted by atomic mass is 10.1. The smallest absolute Gasteiger partial charge is 0.262 e. The fourth-order valence-corrected chi connectivity index (χ4v) is 4.02. The highest BCUT2D eigenvalue weighted by Crippen LogP contribution is 2.27. The van der Waals surface area contributed by atoms with Crippen molar-refractivity contribution in [2.45, 2.75) is 13.0 Å². The highest BCUT2D eigenvalue weighted by atomic mass is 32.1.